The summed E-state index contributed by atoms with van der Waals surface area (Å²) in [6, 6.07) is 1.61. The Balaban J connectivity index is 2.15. The third-order valence-electron chi connectivity index (χ3n) is 4.64. The number of nitrogens with zero attached hydrogens (tertiary/aromatic N) is 2. The van der Waals surface area contributed by atoms with Crippen molar-refractivity contribution in [3.8, 4) is 11.8 Å². The Morgan fingerprint density at radius 3 is 2.79 bits per heavy atom. The molecule has 0 aromatic carbocycles. The van der Waals surface area contributed by atoms with Gasteiger partial charge in [-0.15, -0.1) is 0 Å². The topological polar surface area (TPSA) is 94.6 Å². The maximum atomic E-state index is 12.6. The van der Waals surface area contributed by atoms with Crippen LogP contribution in [-0.4, -0.2) is 27.4 Å². The number of hydrogen-bond acceptors (Lipinski definition) is 6. The highest BCUT2D eigenvalue weighted by molar-refractivity contribution is 6.19. The van der Waals surface area contributed by atoms with Gasteiger partial charge in [0.2, 0.25) is 0 Å². The monoisotopic (exact) mass is 382 g/mol. The standard InChI is InChI=1S/C21H22N2O5/c1-6-27-20(25)17-12(2)9-15-18(17)14(11-23(5)19(15)24)7-8-21(4,26)16-10-13(3)28-22-16/h10-11,26H,6,9H2,1-5H3/t21-/m1/s1. The molecule has 1 N–H and O–H groups in total. The Kier molecular flexibility index (Phi) is 5.01. The average molecular weight is 382 g/mol. The number of allylic oxidation sites excluding steroid dienone is 1. The molecular formula is C21H22N2O5. The molecule has 1 atom stereocenters. The molecule has 0 saturated heterocycles. The molecule has 2 heterocycles. The maximum absolute atomic E-state index is 12.6. The minimum atomic E-state index is -1.55. The van der Waals surface area contributed by atoms with E-state index in [1.165, 1.54) is 11.5 Å². The normalized spacial score (nSPS) is 14.9. The van der Waals surface area contributed by atoms with Crippen molar-refractivity contribution in [1.82, 2.24) is 9.72 Å². The van der Waals surface area contributed by atoms with Gasteiger partial charge in [-0.25, -0.2) is 4.79 Å². The number of ether oxygens (including phenoxy) is 1. The van der Waals surface area contributed by atoms with E-state index in [4.69, 9.17) is 9.26 Å². The van der Waals surface area contributed by atoms with E-state index in [1.807, 2.05) is 0 Å². The van der Waals surface area contributed by atoms with Crippen molar-refractivity contribution in [3.63, 3.8) is 0 Å². The van der Waals surface area contributed by atoms with E-state index in [2.05, 4.69) is 17.0 Å². The van der Waals surface area contributed by atoms with E-state index in [0.717, 1.165) is 5.57 Å². The molecule has 0 spiro atoms. The zero-order valence-corrected chi connectivity index (χ0v) is 16.5. The largest absolute Gasteiger partial charge is 0.462 e. The Bertz CT molecular complexity index is 1110. The number of esters is 1. The molecule has 7 heteroatoms. The molecule has 0 fully saturated rings. The van der Waals surface area contributed by atoms with Gasteiger partial charge in [0.15, 0.2) is 5.60 Å². The average Bonchev–Trinajstić information content (AvgIpc) is 3.21. The number of aryl methyl sites for hydroxylation is 2. The molecule has 0 amide bonds. The molecule has 1 aliphatic rings. The fourth-order valence-electron chi connectivity index (χ4n) is 3.24. The number of aliphatic hydroxyl groups is 1. The summed E-state index contributed by atoms with van der Waals surface area (Å²) in [6.07, 6.45) is 1.93. The van der Waals surface area contributed by atoms with E-state index in [-0.39, 0.29) is 17.9 Å². The Morgan fingerprint density at radius 1 is 1.46 bits per heavy atom. The maximum Gasteiger partial charge on any atom is 0.338 e. The van der Waals surface area contributed by atoms with Gasteiger partial charge in [-0.1, -0.05) is 22.6 Å². The zero-order valence-electron chi connectivity index (χ0n) is 16.5. The summed E-state index contributed by atoms with van der Waals surface area (Å²) >= 11 is 0. The number of fused-ring (bicyclic) bond motifs is 1. The van der Waals surface area contributed by atoms with Crippen molar-refractivity contribution in [2.45, 2.75) is 39.7 Å². The first-order valence-corrected chi connectivity index (χ1v) is 8.94. The summed E-state index contributed by atoms with van der Waals surface area (Å²) in [4.78, 5) is 25.1. The molecule has 2 aromatic rings. The first-order valence-electron chi connectivity index (χ1n) is 8.94. The summed E-state index contributed by atoms with van der Waals surface area (Å²) in [5.41, 5.74) is 1.15. The van der Waals surface area contributed by atoms with Crippen LogP contribution in [0.2, 0.25) is 0 Å². The van der Waals surface area contributed by atoms with Gasteiger partial charge in [0.1, 0.15) is 11.5 Å². The molecule has 7 nitrogen and oxygen atoms in total. The van der Waals surface area contributed by atoms with Crippen LogP contribution in [-0.2, 0) is 28.6 Å². The first kappa shape index (κ1) is 19.6. The number of rotatable bonds is 3. The van der Waals surface area contributed by atoms with Crippen LogP contribution in [0.25, 0.3) is 5.57 Å². The van der Waals surface area contributed by atoms with Gasteiger partial charge in [-0.2, -0.15) is 0 Å². The lowest BCUT2D eigenvalue weighted by Crippen LogP contribution is -2.23. The van der Waals surface area contributed by atoms with Gasteiger partial charge in [-0.05, 0) is 27.7 Å². The van der Waals surface area contributed by atoms with Gasteiger partial charge < -0.3 is 18.9 Å². The fraction of sp³-hybridized carbons (Fsp3) is 0.381. The molecule has 0 unspecified atom stereocenters. The van der Waals surface area contributed by atoms with Crippen molar-refractivity contribution in [2.24, 2.45) is 7.05 Å². The molecule has 0 saturated carbocycles. The summed E-state index contributed by atoms with van der Waals surface area (Å²) in [7, 11) is 1.63. The summed E-state index contributed by atoms with van der Waals surface area (Å²) in [5, 5.41) is 14.5. The molecule has 3 rings (SSSR count). The lowest BCUT2D eigenvalue weighted by Gasteiger charge is -2.13. The number of pyridine rings is 1. The van der Waals surface area contributed by atoms with Crippen molar-refractivity contribution in [1.29, 1.82) is 0 Å². The predicted octanol–water partition coefficient (Wildman–Crippen LogP) is 1.83. The van der Waals surface area contributed by atoms with Crippen LogP contribution in [0, 0.1) is 18.8 Å². The van der Waals surface area contributed by atoms with Crippen LogP contribution in [0.15, 0.2) is 27.2 Å². The van der Waals surface area contributed by atoms with Crippen molar-refractivity contribution in [2.75, 3.05) is 6.61 Å². The van der Waals surface area contributed by atoms with Gasteiger partial charge in [0.25, 0.3) is 5.56 Å². The highest BCUT2D eigenvalue weighted by Gasteiger charge is 2.31. The lowest BCUT2D eigenvalue weighted by atomic mass is 9.98. The molecule has 28 heavy (non-hydrogen) atoms. The first-order chi connectivity index (χ1) is 13.2. The van der Waals surface area contributed by atoms with Gasteiger partial charge in [0.05, 0.1) is 12.2 Å². The van der Waals surface area contributed by atoms with Gasteiger partial charge in [-0.3, -0.25) is 4.79 Å². The van der Waals surface area contributed by atoms with Crippen LogP contribution >= 0.6 is 0 Å². The van der Waals surface area contributed by atoms with E-state index in [9.17, 15) is 14.7 Å². The van der Waals surface area contributed by atoms with E-state index < -0.39 is 11.6 Å². The lowest BCUT2D eigenvalue weighted by molar-refractivity contribution is -0.136. The van der Waals surface area contributed by atoms with Crippen LogP contribution in [0.1, 0.15) is 48.9 Å². The van der Waals surface area contributed by atoms with Crippen molar-refractivity contribution < 1.29 is 19.2 Å². The number of hydrogen-bond donors (Lipinski definition) is 1. The van der Waals surface area contributed by atoms with E-state index in [0.29, 0.717) is 34.4 Å². The van der Waals surface area contributed by atoms with Crippen LogP contribution < -0.4 is 5.56 Å². The highest BCUT2D eigenvalue weighted by Crippen LogP contribution is 2.34. The van der Waals surface area contributed by atoms with Crippen LogP contribution in [0.5, 0.6) is 0 Å². The minimum Gasteiger partial charge on any atom is -0.462 e. The van der Waals surface area contributed by atoms with Crippen molar-refractivity contribution in [3.05, 3.63) is 56.3 Å². The Hall–Kier alpha value is -3.11. The number of carbonyl (C=O) groups excluding carboxylic acids is 1. The molecular weight excluding hydrogens is 360 g/mol. The molecule has 0 bridgehead atoms. The molecule has 0 radical (unpaired) electrons. The zero-order chi connectivity index (χ0) is 20.6. The molecule has 146 valence electrons. The van der Waals surface area contributed by atoms with Crippen molar-refractivity contribution >= 4 is 11.5 Å². The number of aromatic nitrogens is 2. The summed E-state index contributed by atoms with van der Waals surface area (Å²) in [5.74, 6) is 5.79. The predicted molar refractivity (Wildman–Crippen MR) is 102 cm³/mol. The van der Waals surface area contributed by atoms with Gasteiger partial charge in [0, 0.05) is 42.4 Å². The molecule has 2 aromatic heterocycles. The Morgan fingerprint density at radius 2 is 2.18 bits per heavy atom. The minimum absolute atomic E-state index is 0.182. The van der Waals surface area contributed by atoms with E-state index in [1.54, 1.807) is 40.1 Å². The Labute approximate surface area is 162 Å². The van der Waals surface area contributed by atoms with Crippen LogP contribution in [0.3, 0.4) is 0 Å². The summed E-state index contributed by atoms with van der Waals surface area (Å²) in [6.45, 7) is 6.99. The van der Waals surface area contributed by atoms with Gasteiger partial charge >= 0.3 is 5.97 Å². The quantitative estimate of drug-likeness (QED) is 0.643. The molecule has 0 aliphatic heterocycles. The van der Waals surface area contributed by atoms with Crippen LogP contribution in [0.4, 0.5) is 0 Å². The second kappa shape index (κ2) is 7.13. The highest BCUT2D eigenvalue weighted by atomic mass is 16.5. The summed E-state index contributed by atoms with van der Waals surface area (Å²) < 4.78 is 11.6. The van der Waals surface area contributed by atoms with E-state index >= 15 is 0 Å². The third kappa shape index (κ3) is 3.39. The smallest absolute Gasteiger partial charge is 0.338 e. The SMILES string of the molecule is CCOC(=O)C1=C(C)Cc2c1c(C#C[C@@](C)(O)c1cc(C)on1)cn(C)c2=O. The second-order valence-electron chi connectivity index (χ2n) is 7.01. The second-order valence-corrected chi connectivity index (χ2v) is 7.01. The fourth-order valence-corrected chi connectivity index (χ4v) is 3.24. The third-order valence-corrected chi connectivity index (χ3v) is 4.64. The number of carbonyl (C=O) groups is 1. The molecule has 1 aliphatic carbocycles.